The van der Waals surface area contributed by atoms with Gasteiger partial charge in [-0.1, -0.05) is 413 Å². The van der Waals surface area contributed by atoms with Gasteiger partial charge in [0.2, 0.25) is 0 Å². The first-order chi connectivity index (χ1) is 68.4. The molecule has 6 nitrogen and oxygen atoms in total. The number of benzene rings is 20. The topological polar surface area (TPSA) is 45.5 Å². The molecule has 0 atom stereocenters. The molecule has 20 aromatic carbocycles. The Labute approximate surface area is 803 Å². The first kappa shape index (κ1) is 82.3. The van der Waals surface area contributed by atoms with E-state index < -0.39 is 16.1 Å². The zero-order valence-corrected chi connectivity index (χ0v) is 77.6. The third-order valence-corrected chi connectivity index (χ3v) is 37.7. The van der Waals surface area contributed by atoms with Crippen molar-refractivity contribution in [3.63, 3.8) is 0 Å². The third kappa shape index (κ3) is 14.2. The van der Waals surface area contributed by atoms with Crippen molar-refractivity contribution in [1.82, 2.24) is 28.2 Å². The maximum absolute atomic E-state index is 5.41. The van der Waals surface area contributed by atoms with Crippen molar-refractivity contribution in [2.45, 2.75) is 0 Å². The van der Waals surface area contributed by atoms with E-state index in [4.69, 9.17) is 9.97 Å². The minimum absolute atomic E-state index is 0.893. The van der Waals surface area contributed by atoms with E-state index in [-0.39, 0.29) is 0 Å². The van der Waals surface area contributed by atoms with Crippen LogP contribution in [0.1, 0.15) is 0 Å². The quantitative estimate of drug-likeness (QED) is 0.0635. The fraction of sp³-hybridized carbons (Fsp3) is 0. The highest BCUT2D eigenvalue weighted by Gasteiger charge is 2.43. The van der Waals surface area contributed by atoms with Crippen LogP contribution in [0.4, 0.5) is 0 Å². The highest BCUT2D eigenvalue weighted by atomic mass is 28.3. The van der Waals surface area contributed by atoms with Crippen molar-refractivity contribution in [3.8, 4) is 90.0 Å². The van der Waals surface area contributed by atoms with Crippen molar-refractivity contribution in [3.05, 3.63) is 546 Å². The summed E-state index contributed by atoms with van der Waals surface area (Å²) in [5, 5.41) is 20.6. The molecule has 0 radical (unpaired) electrons. The van der Waals surface area contributed by atoms with Crippen molar-refractivity contribution < 1.29 is 0 Å². The van der Waals surface area contributed by atoms with Gasteiger partial charge in [0.15, 0.2) is 16.1 Å². The Balaban J connectivity index is 0.000000146. The highest BCUT2D eigenvalue weighted by molar-refractivity contribution is 7.20. The molecule has 0 fully saturated rings. The largest absolute Gasteiger partial charge is 0.309 e. The Morgan fingerprint density at radius 3 is 0.812 bits per heavy atom. The molecule has 26 rings (SSSR count). The zero-order valence-electron chi connectivity index (χ0n) is 75.6. The van der Waals surface area contributed by atoms with Gasteiger partial charge in [-0.2, -0.15) is 0 Å². The molecular weight excluding hydrogens is 1700 g/mol. The van der Waals surface area contributed by atoms with Gasteiger partial charge in [-0.05, 0) is 208 Å². The molecule has 6 aromatic heterocycles. The van der Waals surface area contributed by atoms with Gasteiger partial charge in [-0.25, -0.2) is 9.97 Å². The monoisotopic (exact) mass is 1790 g/mol. The van der Waals surface area contributed by atoms with Gasteiger partial charge in [0.1, 0.15) is 5.82 Å². The maximum Gasteiger partial charge on any atom is 0.179 e. The lowest BCUT2D eigenvalue weighted by Gasteiger charge is -2.34. The molecule has 8 heteroatoms. The molecule has 0 unspecified atom stereocenters. The standard InChI is InChI=1S/2C65H45N3Si/c1-6-20-46(21-7-1)50-44-60(47-22-8-2-9-23-47)66-65(45-50)68-62-33-19-17-31-57(62)59-43-49(35-41-64(59)68)48-34-40-63-58(42-48)56-30-16-18-32-61(56)67(63)51-36-38-55(39-37-51)69(52-24-10-3-11-25-52,53-26-12-4-13-27-53)54-28-14-5-15-29-54;1-5-22-50(23-6-1)67-62-36-15-13-32-56(62)58-44-46(38-40-64(58)67)47-39-41-65-59(45-47)57-33-14-16-37-63(57)68(65)51-24-17-20-48(42-51)60-34-19-35-61(66-60)49-21-18-31-55(43-49)69(52-25-7-2-8-26-52,53-27-9-3-10-28-53)54-29-11-4-12-30-54/h2*1-45H. The third-order valence-electron chi connectivity index (χ3n) is 28.1. The second-order valence-electron chi connectivity index (χ2n) is 35.8. The Morgan fingerprint density at radius 1 is 0.130 bits per heavy atom. The van der Waals surface area contributed by atoms with Gasteiger partial charge in [-0.15, -0.1) is 0 Å². The van der Waals surface area contributed by atoms with E-state index in [1.807, 2.05) is 0 Å². The van der Waals surface area contributed by atoms with Crippen molar-refractivity contribution in [1.29, 1.82) is 0 Å². The van der Waals surface area contributed by atoms with Crippen LogP contribution in [0, 0.1) is 0 Å². The van der Waals surface area contributed by atoms with E-state index >= 15 is 0 Å². The molecule has 0 saturated carbocycles. The first-order valence-corrected chi connectivity index (χ1v) is 51.4. The molecular formula is C130H90N6Si2. The maximum atomic E-state index is 5.41. The average molecular weight is 1790 g/mol. The van der Waals surface area contributed by atoms with Gasteiger partial charge < -0.3 is 13.7 Å². The minimum Gasteiger partial charge on any atom is -0.309 e. The van der Waals surface area contributed by atoms with Crippen molar-refractivity contribution in [2.24, 2.45) is 0 Å². The molecule has 138 heavy (non-hydrogen) atoms. The van der Waals surface area contributed by atoms with Crippen LogP contribution in [0.2, 0.25) is 0 Å². The molecule has 0 saturated heterocycles. The number of rotatable bonds is 18. The number of pyridine rings is 2. The Bertz CT molecular complexity index is 8790. The predicted molar refractivity (Wildman–Crippen MR) is 586 cm³/mol. The second-order valence-corrected chi connectivity index (χ2v) is 43.4. The van der Waals surface area contributed by atoms with E-state index in [9.17, 15) is 0 Å². The van der Waals surface area contributed by atoms with Gasteiger partial charge >= 0.3 is 0 Å². The van der Waals surface area contributed by atoms with Crippen LogP contribution in [0.25, 0.3) is 177 Å². The van der Waals surface area contributed by atoms with Crippen LogP contribution >= 0.6 is 0 Å². The van der Waals surface area contributed by atoms with Crippen LogP contribution in [0.5, 0.6) is 0 Å². The van der Waals surface area contributed by atoms with E-state index in [2.05, 4.69) is 564 Å². The highest BCUT2D eigenvalue weighted by Crippen LogP contribution is 2.43. The SMILES string of the molecule is c1ccc(-c2cc(-c3ccccc3)nc(-n3c4ccccc4c4cc(-c5ccc6c(c5)c5ccccc5n6-c5ccc([Si](c6ccccc6)(c6ccccc6)c6ccccc6)cc5)ccc43)c2)cc1.c1ccc(-n2c3ccccc3c3cc(-c4ccc5c(c4)c4ccccc4n5-c4cccc(-c5cccc(-c6cccc([Si](c7ccccc7)(c7ccccc7)c7ccccc7)c6)n5)c4)ccc32)cc1. The minimum atomic E-state index is -2.71. The van der Waals surface area contributed by atoms with Crippen molar-refractivity contribution >= 4 is 145 Å². The van der Waals surface area contributed by atoms with E-state index in [1.165, 1.54) is 140 Å². The summed E-state index contributed by atoms with van der Waals surface area (Å²) in [6.45, 7) is 0. The summed E-state index contributed by atoms with van der Waals surface area (Å²) >= 11 is 0. The number of hydrogen-bond acceptors (Lipinski definition) is 2. The molecule has 0 spiro atoms. The Hall–Kier alpha value is -17.7. The second kappa shape index (κ2) is 35.1. The first-order valence-electron chi connectivity index (χ1n) is 47.4. The van der Waals surface area contributed by atoms with Crippen LogP contribution in [0.15, 0.2) is 546 Å². The van der Waals surface area contributed by atoms with Crippen LogP contribution in [-0.4, -0.2) is 44.4 Å². The zero-order chi connectivity index (χ0) is 91.5. The lowest BCUT2D eigenvalue weighted by Crippen LogP contribution is -2.74. The fourth-order valence-corrected chi connectivity index (χ4v) is 31.5. The molecule has 6 heterocycles. The van der Waals surface area contributed by atoms with E-state index in [1.54, 1.807) is 0 Å². The summed E-state index contributed by atoms with van der Waals surface area (Å²) in [4.78, 5) is 10.8. The Kier molecular flexibility index (Phi) is 20.9. The molecule has 0 aliphatic rings. The summed E-state index contributed by atoms with van der Waals surface area (Å²) in [6.07, 6.45) is 0. The van der Waals surface area contributed by atoms with Crippen molar-refractivity contribution in [2.75, 3.05) is 0 Å². The summed E-state index contributed by atoms with van der Waals surface area (Å²) in [5.74, 6) is 0.893. The summed E-state index contributed by atoms with van der Waals surface area (Å²) in [6, 6.07) is 200. The molecule has 0 aliphatic heterocycles. The number of hydrogen-bond donors (Lipinski definition) is 0. The predicted octanol–water partition coefficient (Wildman–Crippen LogP) is 27.3. The van der Waals surface area contributed by atoms with Crippen LogP contribution in [-0.2, 0) is 0 Å². The lowest BCUT2D eigenvalue weighted by atomic mass is 10.0. The van der Waals surface area contributed by atoms with Gasteiger partial charge in [0, 0.05) is 76.8 Å². The van der Waals surface area contributed by atoms with Gasteiger partial charge in [-0.3, -0.25) is 4.57 Å². The number of nitrogens with zero attached hydrogens (tertiary/aromatic N) is 6. The average Bonchev–Trinajstić information content (AvgIpc) is 1.59. The number of fused-ring (bicyclic) bond motifs is 12. The van der Waals surface area contributed by atoms with Crippen LogP contribution < -0.4 is 41.5 Å². The smallest absolute Gasteiger partial charge is 0.179 e. The Morgan fingerprint density at radius 2 is 0.406 bits per heavy atom. The lowest BCUT2D eigenvalue weighted by molar-refractivity contribution is 1.08. The van der Waals surface area contributed by atoms with E-state index in [0.29, 0.717) is 0 Å². The molecule has 0 amide bonds. The van der Waals surface area contributed by atoms with Crippen LogP contribution in [0.3, 0.4) is 0 Å². The molecule has 26 aromatic rings. The summed E-state index contributed by atoms with van der Waals surface area (Å²) in [5.41, 5.74) is 25.9. The molecule has 0 N–H and O–H groups in total. The fourth-order valence-electron chi connectivity index (χ4n) is 21.9. The summed E-state index contributed by atoms with van der Waals surface area (Å²) < 4.78 is 9.55. The molecule has 648 valence electrons. The van der Waals surface area contributed by atoms with Gasteiger partial charge in [0.05, 0.1) is 61.2 Å². The number of aromatic nitrogens is 6. The summed E-state index contributed by atoms with van der Waals surface area (Å²) in [7, 11) is -5.37. The van der Waals surface area contributed by atoms with E-state index in [0.717, 1.165) is 78.8 Å². The molecule has 0 aliphatic carbocycles. The molecule has 0 bridgehead atoms. The normalized spacial score (nSPS) is 11.8. The number of para-hydroxylation sites is 5. The van der Waals surface area contributed by atoms with Gasteiger partial charge in [0.25, 0.3) is 0 Å².